The summed E-state index contributed by atoms with van der Waals surface area (Å²) in [4.78, 5) is 15.7. The zero-order chi connectivity index (χ0) is 17.3. The van der Waals surface area contributed by atoms with Gasteiger partial charge >= 0.3 is 5.97 Å². The van der Waals surface area contributed by atoms with Crippen molar-refractivity contribution in [2.75, 3.05) is 26.7 Å². The zero-order valence-corrected chi connectivity index (χ0v) is 14.3. The highest BCUT2D eigenvalue weighted by Crippen LogP contribution is 2.13. The lowest BCUT2D eigenvalue weighted by Crippen LogP contribution is -2.43. The van der Waals surface area contributed by atoms with E-state index in [4.69, 9.17) is 4.74 Å². The maximum absolute atomic E-state index is 11.7. The standard InChI is InChI=1S/C17H27N3O3/c1-17(2,3)23-15(22)11-20-16(18-4)19-10-14(12-21)13-8-6-5-7-9-13/h5-9,14,21H,10-12H2,1-4H3,(H2,18,19,20). The van der Waals surface area contributed by atoms with Crippen LogP contribution in [0.5, 0.6) is 0 Å². The van der Waals surface area contributed by atoms with Crippen LogP contribution in [0.15, 0.2) is 35.3 Å². The number of aliphatic hydroxyl groups excluding tert-OH is 1. The number of hydrogen-bond donors (Lipinski definition) is 3. The fraction of sp³-hybridized carbons (Fsp3) is 0.529. The first-order chi connectivity index (χ1) is 10.9. The molecule has 128 valence electrons. The molecule has 0 aliphatic rings. The number of nitrogens with one attached hydrogen (secondary N) is 2. The van der Waals surface area contributed by atoms with Gasteiger partial charge in [0.15, 0.2) is 5.96 Å². The van der Waals surface area contributed by atoms with Crippen LogP contribution < -0.4 is 10.6 Å². The molecule has 0 saturated heterocycles. The molecule has 1 aromatic rings. The molecule has 0 aliphatic carbocycles. The highest BCUT2D eigenvalue weighted by molar-refractivity contribution is 5.84. The molecule has 6 nitrogen and oxygen atoms in total. The van der Waals surface area contributed by atoms with E-state index in [-0.39, 0.29) is 25.0 Å². The minimum Gasteiger partial charge on any atom is -0.459 e. The number of nitrogens with zero attached hydrogens (tertiary/aromatic N) is 1. The molecular weight excluding hydrogens is 294 g/mol. The van der Waals surface area contributed by atoms with E-state index in [1.54, 1.807) is 7.05 Å². The van der Waals surface area contributed by atoms with Crippen molar-refractivity contribution in [3.8, 4) is 0 Å². The van der Waals surface area contributed by atoms with Crippen LogP contribution in [0, 0.1) is 0 Å². The molecule has 0 saturated carbocycles. The fourth-order valence-corrected chi connectivity index (χ4v) is 1.99. The maximum atomic E-state index is 11.7. The highest BCUT2D eigenvalue weighted by Gasteiger charge is 2.16. The number of carbonyl (C=O) groups is 1. The van der Waals surface area contributed by atoms with Crippen molar-refractivity contribution in [2.24, 2.45) is 4.99 Å². The Morgan fingerprint density at radius 1 is 1.26 bits per heavy atom. The molecule has 3 N–H and O–H groups in total. The summed E-state index contributed by atoms with van der Waals surface area (Å²) in [5, 5.41) is 15.6. The highest BCUT2D eigenvalue weighted by atomic mass is 16.6. The minimum atomic E-state index is -0.509. The van der Waals surface area contributed by atoms with E-state index in [2.05, 4.69) is 15.6 Å². The molecule has 23 heavy (non-hydrogen) atoms. The molecule has 0 aliphatic heterocycles. The Kier molecular flexibility index (Phi) is 7.54. The van der Waals surface area contributed by atoms with Crippen LogP contribution in [0.1, 0.15) is 32.3 Å². The first-order valence-electron chi connectivity index (χ1n) is 7.68. The van der Waals surface area contributed by atoms with Gasteiger partial charge in [0.25, 0.3) is 0 Å². The van der Waals surface area contributed by atoms with Gasteiger partial charge in [0.1, 0.15) is 12.1 Å². The van der Waals surface area contributed by atoms with E-state index in [1.165, 1.54) is 0 Å². The van der Waals surface area contributed by atoms with Crippen molar-refractivity contribution in [1.82, 2.24) is 10.6 Å². The first kappa shape index (κ1) is 19.0. The lowest BCUT2D eigenvalue weighted by molar-refractivity contribution is -0.153. The van der Waals surface area contributed by atoms with Gasteiger partial charge in [-0.05, 0) is 26.3 Å². The Bertz CT molecular complexity index is 510. The largest absolute Gasteiger partial charge is 0.459 e. The van der Waals surface area contributed by atoms with E-state index in [0.29, 0.717) is 12.5 Å². The summed E-state index contributed by atoms with van der Waals surface area (Å²) < 4.78 is 5.22. The number of carbonyl (C=O) groups excluding carboxylic acids is 1. The molecule has 0 amide bonds. The molecule has 1 aromatic carbocycles. The topological polar surface area (TPSA) is 83.0 Å². The molecule has 1 unspecified atom stereocenters. The third kappa shape index (κ3) is 7.65. The average Bonchev–Trinajstić information content (AvgIpc) is 2.50. The van der Waals surface area contributed by atoms with E-state index in [9.17, 15) is 9.90 Å². The first-order valence-corrected chi connectivity index (χ1v) is 7.68. The maximum Gasteiger partial charge on any atom is 0.325 e. The molecule has 6 heteroatoms. The quantitative estimate of drug-likeness (QED) is 0.417. The van der Waals surface area contributed by atoms with Gasteiger partial charge in [0.2, 0.25) is 0 Å². The summed E-state index contributed by atoms with van der Waals surface area (Å²) in [5.41, 5.74) is 0.537. The third-order valence-corrected chi connectivity index (χ3v) is 3.05. The SMILES string of the molecule is CN=C(NCC(=O)OC(C)(C)C)NCC(CO)c1ccccc1. The van der Waals surface area contributed by atoms with E-state index in [1.807, 2.05) is 51.1 Å². The number of rotatable bonds is 6. The molecule has 0 heterocycles. The van der Waals surface area contributed by atoms with Crippen molar-refractivity contribution in [3.05, 3.63) is 35.9 Å². The van der Waals surface area contributed by atoms with Crippen LogP contribution in [-0.2, 0) is 9.53 Å². The summed E-state index contributed by atoms with van der Waals surface area (Å²) in [7, 11) is 1.63. The number of aliphatic imine (C=N–C) groups is 1. The monoisotopic (exact) mass is 321 g/mol. The average molecular weight is 321 g/mol. The van der Waals surface area contributed by atoms with Crippen LogP contribution >= 0.6 is 0 Å². The van der Waals surface area contributed by atoms with Crippen LogP contribution in [-0.4, -0.2) is 49.4 Å². The van der Waals surface area contributed by atoms with E-state index >= 15 is 0 Å². The fourth-order valence-electron chi connectivity index (χ4n) is 1.99. The summed E-state index contributed by atoms with van der Waals surface area (Å²) in [6, 6.07) is 9.76. The number of ether oxygens (including phenoxy) is 1. The Morgan fingerprint density at radius 3 is 2.43 bits per heavy atom. The van der Waals surface area contributed by atoms with E-state index < -0.39 is 5.60 Å². The number of guanidine groups is 1. The Morgan fingerprint density at radius 2 is 1.91 bits per heavy atom. The number of hydrogen-bond acceptors (Lipinski definition) is 4. The molecule has 0 bridgehead atoms. The summed E-state index contributed by atoms with van der Waals surface area (Å²) in [5.74, 6) is 0.101. The van der Waals surface area contributed by atoms with Gasteiger partial charge in [0.05, 0.1) is 6.61 Å². The normalized spacial score (nSPS) is 13.3. The molecule has 0 aromatic heterocycles. The van der Waals surface area contributed by atoms with Crippen LogP contribution in [0.2, 0.25) is 0 Å². The second kappa shape index (κ2) is 9.15. The molecular formula is C17H27N3O3. The predicted octanol–water partition coefficient (Wildman–Crippen LogP) is 1.27. The summed E-state index contributed by atoms with van der Waals surface area (Å²) in [6.07, 6.45) is 0. The Labute approximate surface area is 138 Å². The number of esters is 1. The van der Waals surface area contributed by atoms with Crippen molar-refractivity contribution >= 4 is 11.9 Å². The van der Waals surface area contributed by atoms with Gasteiger partial charge in [-0.3, -0.25) is 9.79 Å². The lowest BCUT2D eigenvalue weighted by Gasteiger charge is -2.21. The lowest BCUT2D eigenvalue weighted by atomic mass is 10.0. The molecule has 0 fully saturated rings. The van der Waals surface area contributed by atoms with Gasteiger partial charge in [-0.15, -0.1) is 0 Å². The second-order valence-electron chi connectivity index (χ2n) is 6.18. The summed E-state index contributed by atoms with van der Waals surface area (Å²) >= 11 is 0. The molecule has 0 radical (unpaired) electrons. The van der Waals surface area contributed by atoms with Crippen LogP contribution in [0.3, 0.4) is 0 Å². The van der Waals surface area contributed by atoms with Crippen molar-refractivity contribution in [3.63, 3.8) is 0 Å². The smallest absolute Gasteiger partial charge is 0.325 e. The molecule has 1 rings (SSSR count). The number of aliphatic hydroxyl groups is 1. The summed E-state index contributed by atoms with van der Waals surface area (Å²) in [6.45, 7) is 6.04. The van der Waals surface area contributed by atoms with Crippen molar-refractivity contribution in [1.29, 1.82) is 0 Å². The van der Waals surface area contributed by atoms with Gasteiger partial charge in [0, 0.05) is 19.5 Å². The second-order valence-corrected chi connectivity index (χ2v) is 6.18. The van der Waals surface area contributed by atoms with Crippen LogP contribution in [0.25, 0.3) is 0 Å². The van der Waals surface area contributed by atoms with Gasteiger partial charge < -0.3 is 20.5 Å². The molecule has 1 atom stereocenters. The van der Waals surface area contributed by atoms with Gasteiger partial charge in [-0.1, -0.05) is 30.3 Å². The minimum absolute atomic E-state index is 0.0279. The van der Waals surface area contributed by atoms with Crippen molar-refractivity contribution < 1.29 is 14.6 Å². The zero-order valence-electron chi connectivity index (χ0n) is 14.3. The van der Waals surface area contributed by atoms with Crippen LogP contribution in [0.4, 0.5) is 0 Å². The predicted molar refractivity (Wildman–Crippen MR) is 91.5 cm³/mol. The Balaban J connectivity index is 2.46. The van der Waals surface area contributed by atoms with Crippen molar-refractivity contribution in [2.45, 2.75) is 32.3 Å². The van der Waals surface area contributed by atoms with Gasteiger partial charge in [-0.25, -0.2) is 0 Å². The Hall–Kier alpha value is -2.08. The van der Waals surface area contributed by atoms with E-state index in [0.717, 1.165) is 5.56 Å². The van der Waals surface area contributed by atoms with Gasteiger partial charge in [-0.2, -0.15) is 0 Å². The number of benzene rings is 1. The third-order valence-electron chi connectivity index (χ3n) is 3.05. The molecule has 0 spiro atoms.